The van der Waals surface area contributed by atoms with Crippen LogP contribution in [-0.2, 0) is 4.74 Å². The van der Waals surface area contributed by atoms with E-state index in [4.69, 9.17) is 4.74 Å². The van der Waals surface area contributed by atoms with Crippen molar-refractivity contribution in [3.63, 3.8) is 0 Å². The van der Waals surface area contributed by atoms with Gasteiger partial charge in [-0.25, -0.2) is 0 Å². The van der Waals surface area contributed by atoms with Crippen molar-refractivity contribution in [2.24, 2.45) is 11.8 Å². The minimum Gasteiger partial charge on any atom is -0.381 e. The highest BCUT2D eigenvalue weighted by Crippen LogP contribution is 2.48. The molecule has 0 saturated heterocycles. The Morgan fingerprint density at radius 2 is 2.27 bits per heavy atom. The average molecular weight is 152 g/mol. The number of fused-ring (bicyclic) bond motifs is 2. The molecule has 0 spiro atoms. The van der Waals surface area contributed by atoms with Crippen LogP contribution in [0.25, 0.3) is 0 Å². The highest BCUT2D eigenvalue weighted by atomic mass is 16.5. The van der Waals surface area contributed by atoms with Gasteiger partial charge >= 0.3 is 0 Å². The van der Waals surface area contributed by atoms with Crippen molar-refractivity contribution in [2.45, 2.75) is 32.3 Å². The van der Waals surface area contributed by atoms with E-state index < -0.39 is 0 Å². The first-order chi connectivity index (χ1) is 5.35. The van der Waals surface area contributed by atoms with Crippen LogP contribution in [0.4, 0.5) is 0 Å². The Hall–Kier alpha value is -0.300. The lowest BCUT2D eigenvalue weighted by Crippen LogP contribution is -2.19. The molecule has 2 aliphatic carbocycles. The number of hydrogen-bond acceptors (Lipinski definition) is 1. The van der Waals surface area contributed by atoms with Gasteiger partial charge in [0.25, 0.3) is 0 Å². The van der Waals surface area contributed by atoms with Crippen LogP contribution in [0, 0.1) is 11.8 Å². The molecule has 1 heteroatoms. The minimum atomic E-state index is 0.573. The highest BCUT2D eigenvalue weighted by Gasteiger charge is 2.42. The summed E-state index contributed by atoms with van der Waals surface area (Å²) < 4.78 is 5.41. The summed E-state index contributed by atoms with van der Waals surface area (Å²) in [4.78, 5) is 0. The lowest BCUT2D eigenvalue weighted by atomic mass is 9.92. The van der Waals surface area contributed by atoms with E-state index in [0.29, 0.717) is 6.10 Å². The zero-order valence-corrected chi connectivity index (χ0v) is 7.34. The Morgan fingerprint density at radius 3 is 2.73 bits per heavy atom. The van der Waals surface area contributed by atoms with Crippen molar-refractivity contribution in [3.8, 4) is 0 Å². The molecule has 2 fully saturated rings. The Balaban J connectivity index is 2.08. The van der Waals surface area contributed by atoms with E-state index in [1.54, 1.807) is 5.57 Å². The van der Waals surface area contributed by atoms with Gasteiger partial charge in [0.05, 0.1) is 6.10 Å². The van der Waals surface area contributed by atoms with Gasteiger partial charge < -0.3 is 4.74 Å². The van der Waals surface area contributed by atoms with Crippen LogP contribution in [0.3, 0.4) is 0 Å². The van der Waals surface area contributed by atoms with Gasteiger partial charge in [-0.3, -0.25) is 0 Å². The number of allylic oxidation sites excluding steroid dienone is 2. The average Bonchev–Trinajstić information content (AvgIpc) is 2.60. The third-order valence-electron chi connectivity index (χ3n) is 3.33. The second kappa shape index (κ2) is 2.63. The van der Waals surface area contributed by atoms with Crippen LogP contribution in [0.2, 0.25) is 0 Å². The van der Waals surface area contributed by atoms with Crippen molar-refractivity contribution >= 4 is 0 Å². The molecule has 2 rings (SSSR count). The van der Waals surface area contributed by atoms with Gasteiger partial charge in [0.15, 0.2) is 0 Å². The molecule has 62 valence electrons. The molecule has 0 aromatic rings. The molecule has 0 aromatic heterocycles. The predicted octanol–water partition coefficient (Wildman–Crippen LogP) is 2.38. The molecule has 0 aliphatic heterocycles. The molecule has 11 heavy (non-hydrogen) atoms. The summed E-state index contributed by atoms with van der Waals surface area (Å²) in [6, 6.07) is 0. The standard InChI is InChI=1S/C10H16O/c1-3-7-4-9-5-8(7)6-10(9)11-2/h3,8-10H,4-6H2,1-2H3/b7-3-. The molecule has 0 N–H and O–H groups in total. The molecule has 0 heterocycles. The number of methoxy groups -OCH3 is 1. The molecule has 2 bridgehead atoms. The van der Waals surface area contributed by atoms with Crippen LogP contribution in [0.5, 0.6) is 0 Å². The topological polar surface area (TPSA) is 9.23 Å². The third-order valence-corrected chi connectivity index (χ3v) is 3.33. The first kappa shape index (κ1) is 7.35. The molecular formula is C10H16O. The highest BCUT2D eigenvalue weighted by molar-refractivity contribution is 5.18. The number of rotatable bonds is 1. The van der Waals surface area contributed by atoms with Crippen molar-refractivity contribution in [3.05, 3.63) is 11.6 Å². The van der Waals surface area contributed by atoms with Gasteiger partial charge in [0.1, 0.15) is 0 Å². The van der Waals surface area contributed by atoms with Gasteiger partial charge in [0, 0.05) is 7.11 Å². The Kier molecular flexibility index (Phi) is 1.76. The summed E-state index contributed by atoms with van der Waals surface area (Å²) in [5.74, 6) is 1.71. The second-order valence-corrected chi connectivity index (χ2v) is 3.77. The first-order valence-corrected chi connectivity index (χ1v) is 4.53. The van der Waals surface area contributed by atoms with E-state index in [-0.39, 0.29) is 0 Å². The SMILES string of the molecule is C/C=C1/CC2CC1CC2OC. The quantitative estimate of drug-likeness (QED) is 0.524. The summed E-state index contributed by atoms with van der Waals surface area (Å²) in [7, 11) is 1.85. The molecule has 3 atom stereocenters. The Labute approximate surface area is 68.4 Å². The fourth-order valence-electron chi connectivity index (χ4n) is 2.72. The zero-order chi connectivity index (χ0) is 7.84. The molecule has 1 nitrogen and oxygen atoms in total. The van der Waals surface area contributed by atoms with Gasteiger partial charge in [-0.05, 0) is 38.0 Å². The summed E-state index contributed by atoms with van der Waals surface area (Å²) in [6.07, 6.45) is 6.85. The van der Waals surface area contributed by atoms with Crippen molar-refractivity contribution in [1.29, 1.82) is 0 Å². The first-order valence-electron chi connectivity index (χ1n) is 4.53. The van der Waals surface area contributed by atoms with Gasteiger partial charge in [0.2, 0.25) is 0 Å². The maximum Gasteiger partial charge on any atom is 0.0608 e. The fraction of sp³-hybridized carbons (Fsp3) is 0.800. The molecule has 0 radical (unpaired) electrons. The summed E-state index contributed by atoms with van der Waals surface area (Å²) in [6.45, 7) is 2.16. The Morgan fingerprint density at radius 1 is 1.45 bits per heavy atom. The normalized spacial score (nSPS) is 45.6. The van der Waals surface area contributed by atoms with Crippen LogP contribution in [0.1, 0.15) is 26.2 Å². The van der Waals surface area contributed by atoms with Crippen LogP contribution in [-0.4, -0.2) is 13.2 Å². The summed E-state index contributed by atoms with van der Waals surface area (Å²) in [5, 5.41) is 0. The number of hydrogen-bond donors (Lipinski definition) is 0. The lowest BCUT2D eigenvalue weighted by Gasteiger charge is -2.21. The summed E-state index contributed by atoms with van der Waals surface area (Å²) >= 11 is 0. The van der Waals surface area contributed by atoms with E-state index in [1.807, 2.05) is 7.11 Å². The van der Waals surface area contributed by atoms with Gasteiger partial charge in [-0.15, -0.1) is 0 Å². The van der Waals surface area contributed by atoms with E-state index in [0.717, 1.165) is 11.8 Å². The largest absolute Gasteiger partial charge is 0.381 e. The van der Waals surface area contributed by atoms with Crippen LogP contribution in [0.15, 0.2) is 11.6 Å². The maximum absolute atomic E-state index is 5.41. The van der Waals surface area contributed by atoms with E-state index in [9.17, 15) is 0 Å². The lowest BCUT2D eigenvalue weighted by molar-refractivity contribution is 0.0647. The van der Waals surface area contributed by atoms with Crippen molar-refractivity contribution in [1.82, 2.24) is 0 Å². The monoisotopic (exact) mass is 152 g/mol. The molecule has 2 saturated carbocycles. The van der Waals surface area contributed by atoms with Crippen LogP contribution >= 0.6 is 0 Å². The molecule has 3 unspecified atom stereocenters. The second-order valence-electron chi connectivity index (χ2n) is 3.77. The third kappa shape index (κ3) is 1.02. The van der Waals surface area contributed by atoms with Gasteiger partial charge in [-0.2, -0.15) is 0 Å². The predicted molar refractivity (Wildman–Crippen MR) is 45.4 cm³/mol. The molecule has 2 aliphatic rings. The maximum atomic E-state index is 5.41. The van der Waals surface area contributed by atoms with E-state index in [1.165, 1.54) is 19.3 Å². The fourth-order valence-corrected chi connectivity index (χ4v) is 2.72. The number of ether oxygens (including phenoxy) is 1. The van der Waals surface area contributed by atoms with Crippen molar-refractivity contribution in [2.75, 3.05) is 7.11 Å². The molecule has 0 amide bonds. The van der Waals surface area contributed by atoms with Crippen LogP contribution < -0.4 is 0 Å². The molecular weight excluding hydrogens is 136 g/mol. The van der Waals surface area contributed by atoms with E-state index in [2.05, 4.69) is 13.0 Å². The smallest absolute Gasteiger partial charge is 0.0608 e. The Bertz CT molecular complexity index is 183. The van der Waals surface area contributed by atoms with E-state index >= 15 is 0 Å². The van der Waals surface area contributed by atoms with Gasteiger partial charge in [-0.1, -0.05) is 11.6 Å². The molecule has 0 aromatic carbocycles. The summed E-state index contributed by atoms with van der Waals surface area (Å²) in [5.41, 5.74) is 1.68. The zero-order valence-electron chi connectivity index (χ0n) is 7.34. The minimum absolute atomic E-state index is 0.573. The van der Waals surface area contributed by atoms with Crippen molar-refractivity contribution < 1.29 is 4.74 Å².